The summed E-state index contributed by atoms with van der Waals surface area (Å²) in [6.45, 7) is 3.95. The van der Waals surface area contributed by atoms with Crippen molar-refractivity contribution in [3.63, 3.8) is 0 Å². The zero-order chi connectivity index (χ0) is 5.70. The van der Waals surface area contributed by atoms with Crippen LogP contribution >= 0.6 is 0 Å². The van der Waals surface area contributed by atoms with Gasteiger partial charge in [0.2, 0.25) is 0 Å². The first-order chi connectivity index (χ1) is 3.31. The van der Waals surface area contributed by atoms with Crippen LogP contribution in [-0.2, 0) is 0 Å². The Kier molecular flexibility index (Phi) is 3.29. The first-order valence-electron chi connectivity index (χ1n) is 2.37. The van der Waals surface area contributed by atoms with Gasteiger partial charge in [0, 0.05) is 12.8 Å². The average Bonchev–Trinajstić information content (AvgIpc) is 1.68. The van der Waals surface area contributed by atoms with Crippen LogP contribution in [0.25, 0.3) is 0 Å². The first-order valence-corrected chi connectivity index (χ1v) is 2.37. The topological polar surface area (TPSA) is 12.4 Å². The molecular formula is C6H11N. The van der Waals surface area contributed by atoms with Crippen LogP contribution in [0.4, 0.5) is 0 Å². The van der Waals surface area contributed by atoms with E-state index in [0.29, 0.717) is 0 Å². The zero-order valence-corrected chi connectivity index (χ0v) is 5.10. The molecule has 0 aromatic heterocycles. The molecule has 0 rings (SSSR count). The summed E-state index contributed by atoms with van der Waals surface area (Å²) in [5.74, 6) is 0. The van der Waals surface area contributed by atoms with Crippen molar-refractivity contribution in [2.45, 2.75) is 13.8 Å². The fourth-order valence-corrected chi connectivity index (χ4v) is 0.316. The van der Waals surface area contributed by atoms with Gasteiger partial charge in [-0.1, -0.05) is 6.08 Å². The lowest BCUT2D eigenvalue weighted by Gasteiger charge is -1.80. The molecule has 0 aromatic rings. The number of nitrogens with zero attached hydrogens (tertiary/aromatic N) is 1. The van der Waals surface area contributed by atoms with Crippen molar-refractivity contribution in [3.8, 4) is 0 Å². The summed E-state index contributed by atoms with van der Waals surface area (Å²) in [5, 5.41) is 0. The third kappa shape index (κ3) is 3.23. The summed E-state index contributed by atoms with van der Waals surface area (Å²) in [5.41, 5.74) is 1.07. The third-order valence-electron chi connectivity index (χ3n) is 0.761. The number of allylic oxidation sites excluding steroid dienone is 2. The van der Waals surface area contributed by atoms with Gasteiger partial charge in [0.15, 0.2) is 0 Å². The molecule has 0 heterocycles. The largest absolute Gasteiger partial charge is 0.293 e. The van der Waals surface area contributed by atoms with Crippen LogP contribution in [0.5, 0.6) is 0 Å². The fraction of sp³-hybridized carbons (Fsp3) is 0.500. The van der Waals surface area contributed by atoms with E-state index in [1.54, 1.807) is 7.05 Å². The molecule has 0 N–H and O–H groups in total. The molecule has 1 nitrogen and oxygen atoms in total. The maximum absolute atomic E-state index is 3.91. The van der Waals surface area contributed by atoms with E-state index in [1.807, 2.05) is 26.0 Å². The van der Waals surface area contributed by atoms with Crippen LogP contribution in [0.15, 0.2) is 17.1 Å². The van der Waals surface area contributed by atoms with Crippen molar-refractivity contribution < 1.29 is 0 Å². The lowest BCUT2D eigenvalue weighted by molar-refractivity contribution is 1.43. The van der Waals surface area contributed by atoms with E-state index in [9.17, 15) is 0 Å². The van der Waals surface area contributed by atoms with Gasteiger partial charge in [-0.15, -0.1) is 0 Å². The van der Waals surface area contributed by atoms with Crippen LogP contribution in [0.3, 0.4) is 0 Å². The van der Waals surface area contributed by atoms with Gasteiger partial charge in [0.25, 0.3) is 0 Å². The zero-order valence-electron chi connectivity index (χ0n) is 5.10. The van der Waals surface area contributed by atoms with E-state index in [1.165, 1.54) is 0 Å². The minimum absolute atomic E-state index is 1.07. The van der Waals surface area contributed by atoms with E-state index in [2.05, 4.69) is 4.99 Å². The van der Waals surface area contributed by atoms with E-state index < -0.39 is 0 Å². The molecular weight excluding hydrogens is 86.1 g/mol. The predicted octanol–water partition coefficient (Wildman–Crippen LogP) is 1.65. The fourth-order valence-electron chi connectivity index (χ4n) is 0.316. The summed E-state index contributed by atoms with van der Waals surface area (Å²) >= 11 is 0. The van der Waals surface area contributed by atoms with Crippen molar-refractivity contribution in [1.29, 1.82) is 0 Å². The second kappa shape index (κ2) is 3.59. The number of aliphatic imine (C=N–C) groups is 1. The highest BCUT2D eigenvalue weighted by Gasteiger charge is 1.71. The Morgan fingerprint density at radius 2 is 2.14 bits per heavy atom. The molecule has 40 valence electrons. The van der Waals surface area contributed by atoms with E-state index in [0.717, 1.165) is 5.71 Å². The van der Waals surface area contributed by atoms with Crippen molar-refractivity contribution in [1.82, 2.24) is 0 Å². The molecule has 0 saturated heterocycles. The van der Waals surface area contributed by atoms with Crippen LogP contribution in [0.2, 0.25) is 0 Å². The predicted molar refractivity (Wildman–Crippen MR) is 33.8 cm³/mol. The van der Waals surface area contributed by atoms with Gasteiger partial charge in [-0.3, -0.25) is 4.99 Å². The van der Waals surface area contributed by atoms with E-state index >= 15 is 0 Å². The summed E-state index contributed by atoms with van der Waals surface area (Å²) in [4.78, 5) is 3.91. The minimum atomic E-state index is 1.07. The van der Waals surface area contributed by atoms with E-state index in [4.69, 9.17) is 0 Å². The Labute approximate surface area is 44.8 Å². The van der Waals surface area contributed by atoms with Gasteiger partial charge in [-0.25, -0.2) is 0 Å². The number of hydrogen-bond acceptors (Lipinski definition) is 1. The Hall–Kier alpha value is -0.590. The summed E-state index contributed by atoms with van der Waals surface area (Å²) in [7, 11) is 1.79. The van der Waals surface area contributed by atoms with Crippen LogP contribution < -0.4 is 0 Å². The maximum atomic E-state index is 3.91. The molecule has 0 radical (unpaired) electrons. The molecule has 0 fully saturated rings. The molecule has 0 atom stereocenters. The minimum Gasteiger partial charge on any atom is -0.293 e. The van der Waals surface area contributed by atoms with Gasteiger partial charge in [-0.2, -0.15) is 0 Å². The number of hydrogen-bond donors (Lipinski definition) is 0. The summed E-state index contributed by atoms with van der Waals surface area (Å²) < 4.78 is 0. The molecule has 0 aliphatic rings. The highest BCUT2D eigenvalue weighted by Crippen LogP contribution is 1.75. The monoisotopic (exact) mass is 97.1 g/mol. The van der Waals surface area contributed by atoms with Gasteiger partial charge in [-0.05, 0) is 19.9 Å². The van der Waals surface area contributed by atoms with Crippen LogP contribution in [0.1, 0.15) is 13.8 Å². The van der Waals surface area contributed by atoms with Crippen LogP contribution in [0, 0.1) is 0 Å². The molecule has 0 aromatic carbocycles. The third-order valence-corrected chi connectivity index (χ3v) is 0.761. The second-order valence-electron chi connectivity index (χ2n) is 1.36. The Morgan fingerprint density at radius 1 is 1.57 bits per heavy atom. The van der Waals surface area contributed by atoms with E-state index in [-0.39, 0.29) is 0 Å². The smallest absolute Gasteiger partial charge is 0.0310 e. The molecule has 0 unspecified atom stereocenters. The van der Waals surface area contributed by atoms with Crippen LogP contribution in [-0.4, -0.2) is 12.8 Å². The van der Waals surface area contributed by atoms with Crippen molar-refractivity contribution in [2.24, 2.45) is 4.99 Å². The first kappa shape index (κ1) is 6.41. The lowest BCUT2D eigenvalue weighted by atomic mass is 10.4. The maximum Gasteiger partial charge on any atom is 0.0310 e. The van der Waals surface area contributed by atoms with Crippen molar-refractivity contribution in [3.05, 3.63) is 12.2 Å². The van der Waals surface area contributed by atoms with Gasteiger partial charge in [0.05, 0.1) is 0 Å². The standard InChI is InChI=1S/C6H11N/c1-4-5-6(2)7-3/h4-5H,1-3H3/b5-4+,7-6?. The molecule has 0 spiro atoms. The number of rotatable bonds is 1. The molecule has 0 bridgehead atoms. The molecule has 7 heavy (non-hydrogen) atoms. The van der Waals surface area contributed by atoms with Gasteiger partial charge >= 0.3 is 0 Å². The quantitative estimate of drug-likeness (QED) is 0.441. The lowest BCUT2D eigenvalue weighted by Crippen LogP contribution is -1.79. The normalized spacial score (nSPS) is 13.3. The summed E-state index contributed by atoms with van der Waals surface area (Å²) in [6.07, 6.45) is 3.95. The molecule has 0 amide bonds. The summed E-state index contributed by atoms with van der Waals surface area (Å²) in [6, 6.07) is 0. The average molecular weight is 97.2 g/mol. The SMILES string of the molecule is C/C=C/C(C)=NC. The van der Waals surface area contributed by atoms with Crippen molar-refractivity contribution >= 4 is 5.71 Å². The van der Waals surface area contributed by atoms with Crippen molar-refractivity contribution in [2.75, 3.05) is 7.05 Å². The highest BCUT2D eigenvalue weighted by atomic mass is 14.7. The Bertz CT molecular complexity index is 90.4. The highest BCUT2D eigenvalue weighted by molar-refractivity contribution is 5.92. The second-order valence-corrected chi connectivity index (χ2v) is 1.36. The Morgan fingerprint density at radius 3 is 2.29 bits per heavy atom. The molecule has 0 saturated carbocycles. The Balaban J connectivity index is 3.58. The molecule has 1 heteroatoms. The molecule has 0 aliphatic carbocycles. The molecule has 0 aliphatic heterocycles. The van der Waals surface area contributed by atoms with Gasteiger partial charge < -0.3 is 0 Å². The van der Waals surface area contributed by atoms with Gasteiger partial charge in [0.1, 0.15) is 0 Å².